The van der Waals surface area contributed by atoms with Gasteiger partial charge in [0.05, 0.1) is 19.8 Å². The highest BCUT2D eigenvalue weighted by molar-refractivity contribution is 7.09. The van der Waals surface area contributed by atoms with Gasteiger partial charge in [-0.15, -0.1) is 11.3 Å². The van der Waals surface area contributed by atoms with Gasteiger partial charge in [-0.2, -0.15) is 0 Å². The number of ether oxygens (including phenoxy) is 2. The monoisotopic (exact) mass is 324 g/mol. The summed E-state index contributed by atoms with van der Waals surface area (Å²) in [4.78, 5) is 15.5. The molecule has 3 rings (SSSR count). The van der Waals surface area contributed by atoms with Gasteiger partial charge < -0.3 is 19.7 Å². The van der Waals surface area contributed by atoms with Crippen LogP contribution in [-0.2, 0) is 15.9 Å². The molecular weight excluding hydrogens is 300 g/mol. The lowest BCUT2D eigenvalue weighted by atomic mass is 10.0. The molecule has 1 N–H and O–H groups in total. The number of nitrogens with one attached hydrogen (secondary N) is 1. The molecule has 5 nitrogen and oxygen atoms in total. The zero-order chi connectivity index (χ0) is 15.4. The van der Waals surface area contributed by atoms with Crippen LogP contribution in [0, 0.1) is 5.92 Å². The van der Waals surface area contributed by atoms with Crippen LogP contribution < -0.4 is 5.32 Å². The standard InChI is InChI=1S/C16H24N2O3S/c1-13(10-14-4-2-9-22-14)11-17-15(19)18-6-3-5-16(12-18)20-7-8-21-16/h2,4,9,13H,3,5-8,10-12H2,1H3,(H,17,19)/t13-/m1/s1. The molecule has 6 heteroatoms. The van der Waals surface area contributed by atoms with E-state index in [1.807, 2.05) is 4.90 Å². The number of urea groups is 1. The van der Waals surface area contributed by atoms with Gasteiger partial charge in [0.2, 0.25) is 0 Å². The van der Waals surface area contributed by atoms with Gasteiger partial charge in [-0.25, -0.2) is 4.79 Å². The highest BCUT2D eigenvalue weighted by Crippen LogP contribution is 2.30. The van der Waals surface area contributed by atoms with Gasteiger partial charge in [0.1, 0.15) is 0 Å². The quantitative estimate of drug-likeness (QED) is 0.926. The number of likely N-dealkylation sites (tertiary alicyclic amines) is 1. The van der Waals surface area contributed by atoms with Crippen LogP contribution in [0.5, 0.6) is 0 Å². The summed E-state index contributed by atoms with van der Waals surface area (Å²) in [5.74, 6) is -0.113. The summed E-state index contributed by atoms with van der Waals surface area (Å²) >= 11 is 1.77. The number of nitrogens with zero attached hydrogens (tertiary/aromatic N) is 1. The van der Waals surface area contributed by atoms with Crippen molar-refractivity contribution in [3.8, 4) is 0 Å². The van der Waals surface area contributed by atoms with Crippen molar-refractivity contribution in [1.82, 2.24) is 10.2 Å². The van der Waals surface area contributed by atoms with Gasteiger partial charge in [-0.1, -0.05) is 13.0 Å². The Kier molecular flexibility index (Phi) is 5.00. The Morgan fingerprint density at radius 3 is 3.05 bits per heavy atom. The van der Waals surface area contributed by atoms with E-state index in [9.17, 15) is 4.79 Å². The minimum atomic E-state index is -0.543. The van der Waals surface area contributed by atoms with Crippen LogP contribution in [0.15, 0.2) is 17.5 Å². The fourth-order valence-electron chi connectivity index (χ4n) is 3.11. The Labute approximate surface area is 135 Å². The van der Waals surface area contributed by atoms with Gasteiger partial charge in [0, 0.05) is 24.4 Å². The molecule has 2 amide bonds. The fraction of sp³-hybridized carbons (Fsp3) is 0.688. The van der Waals surface area contributed by atoms with Crippen molar-refractivity contribution in [3.05, 3.63) is 22.4 Å². The first-order chi connectivity index (χ1) is 10.7. The maximum atomic E-state index is 12.4. The number of rotatable bonds is 4. The number of carbonyl (C=O) groups is 1. The molecule has 122 valence electrons. The highest BCUT2D eigenvalue weighted by atomic mass is 32.1. The Hall–Kier alpha value is -1.11. The largest absolute Gasteiger partial charge is 0.346 e. The van der Waals surface area contributed by atoms with Crippen LogP contribution in [0.2, 0.25) is 0 Å². The molecule has 2 saturated heterocycles. The third kappa shape index (κ3) is 3.80. The van der Waals surface area contributed by atoms with Gasteiger partial charge in [-0.3, -0.25) is 0 Å². The van der Waals surface area contributed by atoms with Gasteiger partial charge in [0.15, 0.2) is 5.79 Å². The van der Waals surface area contributed by atoms with E-state index in [1.54, 1.807) is 11.3 Å². The molecule has 0 radical (unpaired) electrons. The van der Waals surface area contributed by atoms with E-state index >= 15 is 0 Å². The third-order valence-corrected chi connectivity index (χ3v) is 5.15. The second-order valence-electron chi connectivity index (χ2n) is 6.21. The number of amides is 2. The van der Waals surface area contributed by atoms with Gasteiger partial charge in [0.25, 0.3) is 0 Å². The second-order valence-corrected chi connectivity index (χ2v) is 7.24. The van der Waals surface area contributed by atoms with E-state index in [1.165, 1.54) is 4.88 Å². The molecule has 2 aliphatic rings. The van der Waals surface area contributed by atoms with Crippen molar-refractivity contribution in [3.63, 3.8) is 0 Å². The smallest absolute Gasteiger partial charge is 0.317 e. The lowest BCUT2D eigenvalue weighted by molar-refractivity contribution is -0.182. The molecule has 1 atom stereocenters. The molecule has 0 saturated carbocycles. The maximum absolute atomic E-state index is 12.4. The van der Waals surface area contributed by atoms with Crippen LogP contribution >= 0.6 is 11.3 Å². The molecule has 1 aromatic rings. The van der Waals surface area contributed by atoms with Crippen molar-refractivity contribution in [2.75, 3.05) is 32.8 Å². The Morgan fingerprint density at radius 2 is 2.32 bits per heavy atom. The van der Waals surface area contributed by atoms with Crippen LogP contribution in [0.25, 0.3) is 0 Å². The van der Waals surface area contributed by atoms with Crippen molar-refractivity contribution in [1.29, 1.82) is 0 Å². The first-order valence-corrected chi connectivity index (χ1v) is 8.88. The molecule has 2 fully saturated rings. The van der Waals surface area contributed by atoms with Crippen LogP contribution in [0.3, 0.4) is 0 Å². The molecule has 0 bridgehead atoms. The predicted molar refractivity (Wildman–Crippen MR) is 86.0 cm³/mol. The third-order valence-electron chi connectivity index (χ3n) is 4.25. The molecule has 3 heterocycles. The van der Waals surface area contributed by atoms with Crippen molar-refractivity contribution in [2.45, 2.75) is 32.0 Å². The molecule has 1 spiro atoms. The second kappa shape index (κ2) is 6.98. The van der Waals surface area contributed by atoms with E-state index in [-0.39, 0.29) is 6.03 Å². The summed E-state index contributed by atoms with van der Waals surface area (Å²) in [5, 5.41) is 5.14. The Bertz CT molecular complexity index is 486. The summed E-state index contributed by atoms with van der Waals surface area (Å²) in [6.45, 7) is 5.45. The molecule has 0 aliphatic carbocycles. The maximum Gasteiger partial charge on any atom is 0.317 e. The summed E-state index contributed by atoms with van der Waals surface area (Å²) in [6, 6.07) is 4.21. The fourth-order valence-corrected chi connectivity index (χ4v) is 3.98. The zero-order valence-electron chi connectivity index (χ0n) is 13.0. The van der Waals surface area contributed by atoms with Gasteiger partial charge in [-0.05, 0) is 30.2 Å². The van der Waals surface area contributed by atoms with Crippen LogP contribution in [0.4, 0.5) is 4.79 Å². The van der Waals surface area contributed by atoms with Crippen molar-refractivity contribution in [2.24, 2.45) is 5.92 Å². The molecule has 0 unspecified atom stereocenters. The summed E-state index contributed by atoms with van der Waals surface area (Å²) in [5.41, 5.74) is 0. The predicted octanol–water partition coefficient (Wildman–Crippen LogP) is 2.48. The topological polar surface area (TPSA) is 50.8 Å². The highest BCUT2D eigenvalue weighted by Gasteiger charge is 2.42. The lowest BCUT2D eigenvalue weighted by Gasteiger charge is -2.38. The van der Waals surface area contributed by atoms with Crippen molar-refractivity contribution < 1.29 is 14.3 Å². The average molecular weight is 324 g/mol. The lowest BCUT2D eigenvalue weighted by Crippen LogP contribution is -2.54. The Morgan fingerprint density at radius 1 is 1.50 bits per heavy atom. The molecule has 0 aromatic carbocycles. The van der Waals surface area contributed by atoms with E-state index in [4.69, 9.17) is 9.47 Å². The average Bonchev–Trinajstić information content (AvgIpc) is 3.17. The first-order valence-electron chi connectivity index (χ1n) is 8.00. The van der Waals surface area contributed by atoms with E-state index in [2.05, 4.69) is 29.8 Å². The molecule has 22 heavy (non-hydrogen) atoms. The number of piperidine rings is 1. The Balaban J connectivity index is 1.45. The summed E-state index contributed by atoms with van der Waals surface area (Å²) in [6.07, 6.45) is 2.82. The van der Waals surface area contributed by atoms with E-state index in [0.29, 0.717) is 32.2 Å². The minimum Gasteiger partial charge on any atom is -0.346 e. The molecular formula is C16H24N2O3S. The minimum absolute atomic E-state index is 0.00351. The first kappa shape index (κ1) is 15.8. The number of hydrogen-bond acceptors (Lipinski definition) is 4. The number of thiophene rings is 1. The molecule has 2 aliphatic heterocycles. The van der Waals surface area contributed by atoms with Gasteiger partial charge >= 0.3 is 6.03 Å². The van der Waals surface area contributed by atoms with Crippen LogP contribution in [0.1, 0.15) is 24.6 Å². The number of hydrogen-bond donors (Lipinski definition) is 1. The SMILES string of the molecule is C[C@@H](CNC(=O)N1CCCC2(C1)OCCO2)Cc1cccs1. The summed E-state index contributed by atoms with van der Waals surface area (Å²) < 4.78 is 11.4. The number of carbonyl (C=O) groups excluding carboxylic acids is 1. The van der Waals surface area contributed by atoms with Crippen molar-refractivity contribution >= 4 is 17.4 Å². The molecule has 1 aromatic heterocycles. The zero-order valence-corrected chi connectivity index (χ0v) is 13.9. The van der Waals surface area contributed by atoms with E-state index < -0.39 is 5.79 Å². The van der Waals surface area contributed by atoms with E-state index in [0.717, 1.165) is 25.8 Å². The summed E-state index contributed by atoms with van der Waals surface area (Å²) in [7, 11) is 0. The van der Waals surface area contributed by atoms with Crippen LogP contribution in [-0.4, -0.2) is 49.6 Å². The normalized spacial score (nSPS) is 22.0.